The van der Waals surface area contributed by atoms with Gasteiger partial charge in [-0.15, -0.1) is 0 Å². The molecule has 1 heteroatoms. The minimum Gasteiger partial charge on any atom is -0.299 e. The van der Waals surface area contributed by atoms with Crippen molar-refractivity contribution >= 4 is 5.78 Å². The van der Waals surface area contributed by atoms with E-state index in [2.05, 4.69) is 6.92 Å². The van der Waals surface area contributed by atoms with Gasteiger partial charge in [-0.3, -0.25) is 4.79 Å². The van der Waals surface area contributed by atoms with Gasteiger partial charge in [-0.2, -0.15) is 0 Å². The van der Waals surface area contributed by atoms with Crippen LogP contribution in [0.5, 0.6) is 0 Å². The van der Waals surface area contributed by atoms with Crippen LogP contribution in [-0.2, 0) is 4.79 Å². The number of carbonyl (C=O) groups is 1. The van der Waals surface area contributed by atoms with E-state index in [0.717, 1.165) is 24.2 Å². The normalized spacial score (nSPS) is 52.1. The van der Waals surface area contributed by atoms with Gasteiger partial charge in [0.2, 0.25) is 0 Å². The van der Waals surface area contributed by atoms with Crippen molar-refractivity contribution in [2.24, 2.45) is 29.1 Å². The highest BCUT2D eigenvalue weighted by Crippen LogP contribution is 2.65. The summed E-state index contributed by atoms with van der Waals surface area (Å²) in [6.07, 6.45) is 7.41. The molecule has 5 atom stereocenters. The van der Waals surface area contributed by atoms with Gasteiger partial charge in [-0.25, -0.2) is 0 Å². The number of ketones is 1. The lowest BCUT2D eigenvalue weighted by Crippen LogP contribution is -2.49. The maximum Gasteiger partial charge on any atom is 0.139 e. The largest absolute Gasteiger partial charge is 0.299 e. The summed E-state index contributed by atoms with van der Waals surface area (Å²) in [6, 6.07) is 0. The Balaban J connectivity index is 1.93. The molecule has 3 fully saturated rings. The molecule has 0 aliphatic heterocycles. The van der Waals surface area contributed by atoms with Crippen LogP contribution in [0.1, 0.15) is 52.4 Å². The van der Waals surface area contributed by atoms with E-state index in [4.69, 9.17) is 0 Å². The summed E-state index contributed by atoms with van der Waals surface area (Å²) in [4.78, 5) is 12.2. The van der Waals surface area contributed by atoms with E-state index in [0.29, 0.717) is 11.7 Å². The van der Waals surface area contributed by atoms with Gasteiger partial charge in [-0.05, 0) is 55.8 Å². The number of carbonyl (C=O) groups excluding carboxylic acids is 1. The number of fused-ring (bicyclic) bond motifs is 4. The Bertz CT molecular complexity index is 296. The van der Waals surface area contributed by atoms with Crippen LogP contribution in [0, 0.1) is 29.1 Å². The fraction of sp³-hybridized carbons (Fsp3) is 0.929. The van der Waals surface area contributed by atoms with Crippen LogP contribution in [0.25, 0.3) is 0 Å². The van der Waals surface area contributed by atoms with Crippen molar-refractivity contribution < 1.29 is 4.79 Å². The zero-order valence-corrected chi connectivity index (χ0v) is 9.96. The topological polar surface area (TPSA) is 17.1 Å². The van der Waals surface area contributed by atoms with Crippen LogP contribution in [0.15, 0.2) is 0 Å². The molecule has 1 nitrogen and oxygen atoms in total. The monoisotopic (exact) mass is 206 g/mol. The predicted molar refractivity (Wildman–Crippen MR) is 60.5 cm³/mol. The van der Waals surface area contributed by atoms with Gasteiger partial charge in [-0.1, -0.05) is 13.8 Å². The fourth-order valence-corrected chi connectivity index (χ4v) is 4.92. The van der Waals surface area contributed by atoms with Gasteiger partial charge < -0.3 is 0 Å². The van der Waals surface area contributed by atoms with E-state index < -0.39 is 0 Å². The van der Waals surface area contributed by atoms with E-state index in [-0.39, 0.29) is 5.41 Å². The Morgan fingerprint density at radius 3 is 2.60 bits per heavy atom. The maximum atomic E-state index is 12.2. The Hall–Kier alpha value is -0.330. The quantitative estimate of drug-likeness (QED) is 0.676. The Morgan fingerprint density at radius 2 is 2.00 bits per heavy atom. The molecule has 0 aromatic heterocycles. The molecule has 5 unspecified atom stereocenters. The molecule has 0 spiro atoms. The minimum atomic E-state index is 0.126. The summed E-state index contributed by atoms with van der Waals surface area (Å²) in [5, 5.41) is 0. The number of hydrogen-bond acceptors (Lipinski definition) is 1. The van der Waals surface area contributed by atoms with Gasteiger partial charge in [0.25, 0.3) is 0 Å². The lowest BCUT2D eigenvalue weighted by atomic mass is 9.51. The Labute approximate surface area is 92.6 Å². The van der Waals surface area contributed by atoms with Crippen molar-refractivity contribution in [3.63, 3.8) is 0 Å². The summed E-state index contributed by atoms with van der Waals surface area (Å²) in [5.41, 5.74) is 0.126. The Morgan fingerprint density at radius 1 is 1.27 bits per heavy atom. The zero-order chi connectivity index (χ0) is 10.6. The molecule has 0 radical (unpaired) electrons. The van der Waals surface area contributed by atoms with Gasteiger partial charge in [0.05, 0.1) is 0 Å². The predicted octanol–water partition coefficient (Wildman–Crippen LogP) is 3.43. The molecule has 3 aliphatic carbocycles. The third-order valence-corrected chi connectivity index (χ3v) is 5.97. The highest BCUT2D eigenvalue weighted by atomic mass is 16.1. The molecule has 0 amide bonds. The fourth-order valence-electron chi connectivity index (χ4n) is 4.92. The van der Waals surface area contributed by atoms with E-state index in [1.165, 1.54) is 32.1 Å². The van der Waals surface area contributed by atoms with E-state index in [1.54, 1.807) is 0 Å². The van der Waals surface area contributed by atoms with Crippen molar-refractivity contribution in [1.82, 2.24) is 0 Å². The molecule has 3 saturated carbocycles. The first-order valence-electron chi connectivity index (χ1n) is 6.72. The van der Waals surface area contributed by atoms with Gasteiger partial charge in [0.15, 0.2) is 0 Å². The lowest BCUT2D eigenvalue weighted by Gasteiger charge is -2.53. The number of hydrogen-bond donors (Lipinski definition) is 0. The van der Waals surface area contributed by atoms with Gasteiger partial charge in [0, 0.05) is 11.8 Å². The summed E-state index contributed by atoms with van der Waals surface area (Å²) in [5.74, 6) is 4.07. The van der Waals surface area contributed by atoms with Crippen molar-refractivity contribution in [2.45, 2.75) is 52.4 Å². The first-order valence-corrected chi connectivity index (χ1v) is 6.72. The van der Waals surface area contributed by atoms with Crippen LogP contribution in [0.2, 0.25) is 0 Å². The summed E-state index contributed by atoms with van der Waals surface area (Å²) >= 11 is 0. The maximum absolute atomic E-state index is 12.2. The molecule has 3 aliphatic rings. The molecular formula is C14H22O. The van der Waals surface area contributed by atoms with Crippen molar-refractivity contribution in [2.75, 3.05) is 0 Å². The van der Waals surface area contributed by atoms with Crippen LogP contribution in [0.3, 0.4) is 0 Å². The van der Waals surface area contributed by atoms with Crippen LogP contribution >= 0.6 is 0 Å². The van der Waals surface area contributed by atoms with Crippen molar-refractivity contribution in [1.29, 1.82) is 0 Å². The minimum absolute atomic E-state index is 0.126. The molecule has 0 heterocycles. The summed E-state index contributed by atoms with van der Waals surface area (Å²) in [7, 11) is 0. The van der Waals surface area contributed by atoms with Crippen molar-refractivity contribution in [3.05, 3.63) is 0 Å². The molecule has 0 aromatic rings. The van der Waals surface area contributed by atoms with Crippen LogP contribution in [0.4, 0.5) is 0 Å². The lowest BCUT2D eigenvalue weighted by molar-refractivity contribution is -0.139. The highest BCUT2D eigenvalue weighted by molar-refractivity contribution is 5.85. The molecule has 0 saturated heterocycles. The first-order chi connectivity index (χ1) is 7.19. The zero-order valence-electron chi connectivity index (χ0n) is 9.96. The molecule has 0 N–H and O–H groups in total. The molecule has 15 heavy (non-hydrogen) atoms. The smallest absolute Gasteiger partial charge is 0.139 e. The second-order valence-electron chi connectivity index (χ2n) is 6.13. The molecule has 0 aromatic carbocycles. The van der Waals surface area contributed by atoms with Crippen LogP contribution < -0.4 is 0 Å². The Kier molecular flexibility index (Phi) is 2.03. The second kappa shape index (κ2) is 3.09. The van der Waals surface area contributed by atoms with E-state index in [1.807, 2.05) is 6.92 Å². The van der Waals surface area contributed by atoms with Gasteiger partial charge >= 0.3 is 0 Å². The number of Topliss-reactive ketones (excluding diaryl/α,β-unsaturated/α-hetero) is 1. The third-order valence-electron chi connectivity index (χ3n) is 5.97. The highest BCUT2D eigenvalue weighted by Gasteiger charge is 2.59. The van der Waals surface area contributed by atoms with Crippen LogP contribution in [-0.4, -0.2) is 5.78 Å². The molecule has 84 valence electrons. The van der Waals surface area contributed by atoms with E-state index in [9.17, 15) is 4.79 Å². The first kappa shape index (κ1) is 9.86. The average molecular weight is 206 g/mol. The second-order valence-corrected chi connectivity index (χ2v) is 6.13. The third kappa shape index (κ3) is 1.07. The molecular weight excluding hydrogens is 184 g/mol. The summed E-state index contributed by atoms with van der Waals surface area (Å²) in [6.45, 7) is 4.41. The van der Waals surface area contributed by atoms with E-state index >= 15 is 0 Å². The standard InChI is InChI=1S/C14H22O/c1-3-13(15)14-7-6-10(8-14)12-5-4-11(12)9(14)2/h9-12H,3-8H2,1-2H3. The molecule has 3 rings (SSSR count). The average Bonchev–Trinajstić information content (AvgIpc) is 2.57. The molecule has 2 bridgehead atoms. The summed E-state index contributed by atoms with van der Waals surface area (Å²) < 4.78 is 0. The van der Waals surface area contributed by atoms with Crippen molar-refractivity contribution in [3.8, 4) is 0 Å². The number of rotatable bonds is 2. The van der Waals surface area contributed by atoms with Gasteiger partial charge in [0.1, 0.15) is 5.78 Å². The SMILES string of the molecule is CCC(=O)C12CCC(C1)C1CCC1C2C.